The molecule has 0 heterocycles. The normalized spacial score (nSPS) is 11.1. The van der Waals surface area contributed by atoms with Gasteiger partial charge >= 0.3 is 0 Å². The molecule has 3 nitrogen and oxygen atoms in total. The summed E-state index contributed by atoms with van der Waals surface area (Å²) in [6.07, 6.45) is 0.399. The van der Waals surface area contributed by atoms with E-state index in [4.69, 9.17) is 0 Å². The van der Waals surface area contributed by atoms with E-state index in [9.17, 15) is 9.59 Å². The van der Waals surface area contributed by atoms with E-state index < -0.39 is 0 Å². The average Bonchev–Trinajstić information content (AvgIpc) is 2.34. The number of carbonyl (C=O) groups is 2. The molecule has 0 fully saturated rings. The average molecular weight is 247 g/mol. The van der Waals surface area contributed by atoms with Gasteiger partial charge < -0.3 is 5.32 Å². The van der Waals surface area contributed by atoms with Crippen LogP contribution in [0.3, 0.4) is 0 Å². The smallest absolute Gasteiger partial charge is 0.220 e. The summed E-state index contributed by atoms with van der Waals surface area (Å²) in [5, 5.41) is 2.59. The quantitative estimate of drug-likeness (QED) is 0.831. The van der Waals surface area contributed by atoms with Crippen LogP contribution < -0.4 is 5.32 Å². The van der Waals surface area contributed by atoms with Crippen LogP contribution in [0.5, 0.6) is 0 Å². The lowest BCUT2D eigenvalue weighted by molar-refractivity contribution is -0.120. The number of Topliss-reactive ketones (excluding diaryl/α,β-unsaturated/α-hetero) is 1. The fourth-order valence-corrected chi connectivity index (χ4v) is 1.56. The van der Waals surface area contributed by atoms with Gasteiger partial charge in [0.1, 0.15) is 0 Å². The molecule has 0 aliphatic rings. The second-order valence-electron chi connectivity index (χ2n) is 5.38. The Morgan fingerprint density at radius 2 is 1.67 bits per heavy atom. The first-order valence-electron chi connectivity index (χ1n) is 6.25. The molecule has 98 valence electrons. The summed E-state index contributed by atoms with van der Waals surface area (Å²) in [6.45, 7) is 8.22. The summed E-state index contributed by atoms with van der Waals surface area (Å²) < 4.78 is 0. The minimum atomic E-state index is -0.102. The molecule has 0 aliphatic carbocycles. The highest BCUT2D eigenvalue weighted by molar-refractivity contribution is 5.99. The lowest BCUT2D eigenvalue weighted by Crippen LogP contribution is -2.28. The third kappa shape index (κ3) is 3.99. The fourth-order valence-electron chi connectivity index (χ4n) is 1.56. The van der Waals surface area contributed by atoms with Crippen molar-refractivity contribution in [1.29, 1.82) is 0 Å². The summed E-state index contributed by atoms with van der Waals surface area (Å²) in [5.74, 6) is -0.160. The molecule has 0 bridgehead atoms. The Morgan fingerprint density at radius 3 is 2.11 bits per heavy atom. The van der Waals surface area contributed by atoms with E-state index in [0.29, 0.717) is 12.0 Å². The highest BCUT2D eigenvalue weighted by atomic mass is 16.2. The van der Waals surface area contributed by atoms with Crippen molar-refractivity contribution in [2.75, 3.05) is 6.54 Å². The van der Waals surface area contributed by atoms with Gasteiger partial charge in [0.05, 0.1) is 6.54 Å². The molecule has 0 saturated heterocycles. The fraction of sp³-hybridized carbons (Fsp3) is 0.467. The predicted octanol–water partition coefficient (Wildman–Crippen LogP) is 2.69. The lowest BCUT2D eigenvalue weighted by atomic mass is 9.86. The summed E-state index contributed by atoms with van der Waals surface area (Å²) >= 11 is 0. The van der Waals surface area contributed by atoms with Crippen LogP contribution in [-0.2, 0) is 10.2 Å². The molecule has 1 amide bonds. The van der Waals surface area contributed by atoms with Crippen molar-refractivity contribution in [3.05, 3.63) is 35.4 Å². The van der Waals surface area contributed by atoms with E-state index in [2.05, 4.69) is 26.1 Å². The number of ketones is 1. The molecular weight excluding hydrogens is 226 g/mol. The number of amides is 1. The maximum Gasteiger partial charge on any atom is 0.220 e. The third-order valence-electron chi connectivity index (χ3n) is 2.84. The van der Waals surface area contributed by atoms with Crippen molar-refractivity contribution in [3.8, 4) is 0 Å². The Labute approximate surface area is 109 Å². The van der Waals surface area contributed by atoms with Gasteiger partial charge in [0.15, 0.2) is 5.78 Å². The molecule has 18 heavy (non-hydrogen) atoms. The van der Waals surface area contributed by atoms with Crippen LogP contribution in [0.4, 0.5) is 0 Å². The highest BCUT2D eigenvalue weighted by Crippen LogP contribution is 2.22. The Kier molecular flexibility index (Phi) is 4.65. The van der Waals surface area contributed by atoms with Crippen molar-refractivity contribution >= 4 is 11.7 Å². The zero-order valence-corrected chi connectivity index (χ0v) is 11.5. The molecular formula is C15H21NO2. The topological polar surface area (TPSA) is 46.2 Å². The van der Waals surface area contributed by atoms with Gasteiger partial charge in [-0.1, -0.05) is 52.0 Å². The van der Waals surface area contributed by atoms with Crippen molar-refractivity contribution < 1.29 is 9.59 Å². The van der Waals surface area contributed by atoms with E-state index in [0.717, 1.165) is 0 Å². The number of hydrogen-bond acceptors (Lipinski definition) is 2. The number of nitrogens with one attached hydrogen (secondary N) is 1. The zero-order chi connectivity index (χ0) is 13.8. The monoisotopic (exact) mass is 247 g/mol. The molecule has 0 aromatic heterocycles. The molecule has 0 radical (unpaired) electrons. The number of benzene rings is 1. The maximum atomic E-state index is 11.8. The second kappa shape index (κ2) is 5.80. The largest absolute Gasteiger partial charge is 0.349 e. The molecule has 0 saturated carbocycles. The molecule has 1 N–H and O–H groups in total. The predicted molar refractivity (Wildman–Crippen MR) is 72.8 cm³/mol. The van der Waals surface area contributed by atoms with Crippen LogP contribution in [0, 0.1) is 0 Å². The molecule has 3 heteroatoms. The molecule has 0 aliphatic heterocycles. The molecule has 0 atom stereocenters. The van der Waals surface area contributed by atoms with Crippen LogP contribution in [0.1, 0.15) is 50.0 Å². The van der Waals surface area contributed by atoms with E-state index in [1.54, 1.807) is 6.92 Å². The van der Waals surface area contributed by atoms with E-state index in [-0.39, 0.29) is 23.7 Å². The maximum absolute atomic E-state index is 11.8. The molecule has 1 rings (SSSR count). The van der Waals surface area contributed by atoms with Gasteiger partial charge in [-0.15, -0.1) is 0 Å². The first kappa shape index (κ1) is 14.4. The van der Waals surface area contributed by atoms with Crippen LogP contribution in [0.25, 0.3) is 0 Å². The van der Waals surface area contributed by atoms with Crippen molar-refractivity contribution in [1.82, 2.24) is 5.32 Å². The molecule has 0 unspecified atom stereocenters. The standard InChI is InChI=1S/C15H21NO2/c1-5-14(18)16-10-13(17)11-6-8-12(9-7-11)15(2,3)4/h6-9H,5,10H2,1-4H3,(H,16,18). The zero-order valence-electron chi connectivity index (χ0n) is 11.5. The van der Waals surface area contributed by atoms with E-state index in [1.807, 2.05) is 24.3 Å². The van der Waals surface area contributed by atoms with Crippen molar-refractivity contribution in [3.63, 3.8) is 0 Å². The minimum Gasteiger partial charge on any atom is -0.349 e. The van der Waals surface area contributed by atoms with Gasteiger partial charge in [-0.3, -0.25) is 9.59 Å². The van der Waals surface area contributed by atoms with Crippen LogP contribution in [-0.4, -0.2) is 18.2 Å². The Morgan fingerprint density at radius 1 is 1.11 bits per heavy atom. The number of rotatable bonds is 4. The van der Waals surface area contributed by atoms with Gasteiger partial charge in [-0.2, -0.15) is 0 Å². The van der Waals surface area contributed by atoms with Gasteiger partial charge in [0.2, 0.25) is 5.91 Å². The van der Waals surface area contributed by atoms with E-state index in [1.165, 1.54) is 5.56 Å². The highest BCUT2D eigenvalue weighted by Gasteiger charge is 2.14. The first-order chi connectivity index (χ1) is 8.34. The van der Waals surface area contributed by atoms with Gasteiger partial charge in [0.25, 0.3) is 0 Å². The molecule has 1 aromatic carbocycles. The van der Waals surface area contributed by atoms with Crippen molar-refractivity contribution in [2.45, 2.75) is 39.5 Å². The number of hydrogen-bond donors (Lipinski definition) is 1. The SMILES string of the molecule is CCC(=O)NCC(=O)c1ccc(C(C)(C)C)cc1. The van der Waals surface area contributed by atoms with Crippen LogP contribution in [0.2, 0.25) is 0 Å². The Bertz CT molecular complexity index is 427. The van der Waals surface area contributed by atoms with Crippen molar-refractivity contribution in [2.24, 2.45) is 0 Å². The first-order valence-corrected chi connectivity index (χ1v) is 6.25. The Hall–Kier alpha value is -1.64. The summed E-state index contributed by atoms with van der Waals surface area (Å²) in [6, 6.07) is 7.58. The van der Waals surface area contributed by atoms with E-state index >= 15 is 0 Å². The van der Waals surface area contributed by atoms with Gasteiger partial charge in [-0.25, -0.2) is 0 Å². The molecule has 0 spiro atoms. The second-order valence-corrected chi connectivity index (χ2v) is 5.38. The van der Waals surface area contributed by atoms with Gasteiger partial charge in [-0.05, 0) is 11.0 Å². The summed E-state index contributed by atoms with van der Waals surface area (Å²) in [7, 11) is 0. The van der Waals surface area contributed by atoms with Crippen LogP contribution in [0.15, 0.2) is 24.3 Å². The Balaban J connectivity index is 2.68. The van der Waals surface area contributed by atoms with Gasteiger partial charge in [0, 0.05) is 12.0 Å². The summed E-state index contributed by atoms with van der Waals surface area (Å²) in [5.41, 5.74) is 1.91. The summed E-state index contributed by atoms with van der Waals surface area (Å²) in [4.78, 5) is 22.9. The third-order valence-corrected chi connectivity index (χ3v) is 2.84. The molecule has 1 aromatic rings. The minimum absolute atomic E-state index is 0.0581. The number of carbonyl (C=O) groups excluding carboxylic acids is 2. The van der Waals surface area contributed by atoms with Crippen LogP contribution >= 0.6 is 0 Å². The lowest BCUT2D eigenvalue weighted by Gasteiger charge is -2.19.